The zero-order chi connectivity index (χ0) is 14.5. The first-order chi connectivity index (χ1) is 8.93. The van der Waals surface area contributed by atoms with Gasteiger partial charge in [0.2, 0.25) is 10.0 Å². The van der Waals surface area contributed by atoms with Crippen molar-refractivity contribution in [3.63, 3.8) is 0 Å². The third kappa shape index (κ3) is 4.14. The number of sulfonamides is 1. The quantitative estimate of drug-likeness (QED) is 0.573. The van der Waals surface area contributed by atoms with E-state index in [-0.39, 0.29) is 23.9 Å². The number of nitrogens with zero attached hydrogens (tertiary/aromatic N) is 1. The highest BCUT2D eigenvalue weighted by atomic mass is 35.5. The summed E-state index contributed by atoms with van der Waals surface area (Å²) in [6.07, 6.45) is 0. The van der Waals surface area contributed by atoms with Gasteiger partial charge in [0.25, 0.3) is 0 Å². The maximum absolute atomic E-state index is 13.7. The molecule has 108 valence electrons. The molecular formula is C12H17ClFNO3S. The van der Waals surface area contributed by atoms with E-state index in [1.54, 1.807) is 0 Å². The number of rotatable bonds is 7. The molecule has 1 aromatic carbocycles. The lowest BCUT2D eigenvalue weighted by Gasteiger charge is -2.17. The fourth-order valence-corrected chi connectivity index (χ4v) is 2.89. The molecule has 0 radical (unpaired) electrons. The Balaban J connectivity index is 2.99. The zero-order valence-electron chi connectivity index (χ0n) is 10.9. The molecule has 0 amide bonds. The van der Waals surface area contributed by atoms with Crippen LogP contribution in [0.2, 0.25) is 0 Å². The summed E-state index contributed by atoms with van der Waals surface area (Å²) in [5.74, 6) is -0.650. The number of alkyl halides is 1. The van der Waals surface area contributed by atoms with Crippen LogP contribution < -0.4 is 0 Å². The average molecular weight is 310 g/mol. The van der Waals surface area contributed by atoms with Gasteiger partial charge >= 0.3 is 0 Å². The molecule has 0 aliphatic carbocycles. The van der Waals surface area contributed by atoms with Crippen LogP contribution in [-0.2, 0) is 20.6 Å². The average Bonchev–Trinajstić information content (AvgIpc) is 2.39. The predicted octanol–water partition coefficient (Wildman–Crippen LogP) is 2.22. The maximum atomic E-state index is 13.7. The van der Waals surface area contributed by atoms with Crippen LogP contribution in [-0.4, -0.2) is 39.5 Å². The van der Waals surface area contributed by atoms with Crippen LogP contribution in [0.4, 0.5) is 4.39 Å². The van der Waals surface area contributed by atoms with E-state index in [0.29, 0.717) is 12.2 Å². The van der Waals surface area contributed by atoms with Crippen molar-refractivity contribution in [1.82, 2.24) is 4.31 Å². The van der Waals surface area contributed by atoms with E-state index in [1.807, 2.05) is 6.92 Å². The van der Waals surface area contributed by atoms with Crippen LogP contribution in [0.25, 0.3) is 0 Å². The maximum Gasteiger partial charge on any atom is 0.245 e. The molecular weight excluding hydrogens is 293 g/mol. The highest BCUT2D eigenvalue weighted by Gasteiger charge is 2.24. The standard InChI is InChI=1S/C12H17ClFNO3S/c1-3-18-7-6-15(2)19(16,17)12-8-10(9-13)4-5-11(12)14/h4-5,8H,3,6-7,9H2,1-2H3. The fraction of sp³-hybridized carbons (Fsp3) is 0.500. The van der Waals surface area contributed by atoms with Crippen LogP contribution in [0.5, 0.6) is 0 Å². The van der Waals surface area contributed by atoms with Gasteiger partial charge in [-0.3, -0.25) is 0 Å². The lowest BCUT2D eigenvalue weighted by atomic mass is 10.2. The number of hydrogen-bond donors (Lipinski definition) is 0. The number of benzene rings is 1. The van der Waals surface area contributed by atoms with Gasteiger partial charge in [0.15, 0.2) is 0 Å². The second-order valence-electron chi connectivity index (χ2n) is 3.92. The lowest BCUT2D eigenvalue weighted by Crippen LogP contribution is -2.31. The van der Waals surface area contributed by atoms with Gasteiger partial charge in [-0.05, 0) is 24.6 Å². The lowest BCUT2D eigenvalue weighted by molar-refractivity contribution is 0.138. The van der Waals surface area contributed by atoms with Crippen LogP contribution >= 0.6 is 11.6 Å². The molecule has 0 aliphatic heterocycles. The molecule has 0 fully saturated rings. The first-order valence-electron chi connectivity index (χ1n) is 5.82. The molecule has 4 nitrogen and oxygen atoms in total. The van der Waals surface area contributed by atoms with Gasteiger partial charge < -0.3 is 4.74 Å². The minimum Gasteiger partial charge on any atom is -0.380 e. The molecule has 0 unspecified atom stereocenters. The second-order valence-corrected chi connectivity index (χ2v) is 6.20. The number of halogens is 2. The molecule has 0 aliphatic rings. The van der Waals surface area contributed by atoms with Crippen molar-refractivity contribution in [3.05, 3.63) is 29.6 Å². The predicted molar refractivity (Wildman–Crippen MR) is 72.3 cm³/mol. The number of likely N-dealkylation sites (N-methyl/N-ethyl adjacent to an activating group) is 1. The van der Waals surface area contributed by atoms with Crippen molar-refractivity contribution >= 4 is 21.6 Å². The second kappa shape index (κ2) is 7.19. The summed E-state index contributed by atoms with van der Waals surface area (Å²) >= 11 is 5.63. The van der Waals surface area contributed by atoms with Crippen molar-refractivity contribution in [1.29, 1.82) is 0 Å². The van der Waals surface area contributed by atoms with Crippen molar-refractivity contribution in [2.45, 2.75) is 17.7 Å². The number of hydrogen-bond acceptors (Lipinski definition) is 3. The van der Waals surface area contributed by atoms with E-state index in [2.05, 4.69) is 0 Å². The zero-order valence-corrected chi connectivity index (χ0v) is 12.5. The highest BCUT2D eigenvalue weighted by molar-refractivity contribution is 7.89. The van der Waals surface area contributed by atoms with E-state index in [4.69, 9.17) is 16.3 Å². The van der Waals surface area contributed by atoms with Crippen LogP contribution in [0, 0.1) is 5.82 Å². The van der Waals surface area contributed by atoms with Gasteiger partial charge in [0, 0.05) is 26.1 Å². The molecule has 0 N–H and O–H groups in total. The van der Waals surface area contributed by atoms with Crippen molar-refractivity contribution in [2.75, 3.05) is 26.8 Å². The van der Waals surface area contributed by atoms with Crippen LogP contribution in [0.3, 0.4) is 0 Å². The molecule has 0 saturated heterocycles. The summed E-state index contributed by atoms with van der Waals surface area (Å²) in [6, 6.07) is 3.83. The van der Waals surface area contributed by atoms with Crippen molar-refractivity contribution in [3.8, 4) is 0 Å². The Hall–Kier alpha value is -0.690. The number of ether oxygens (including phenoxy) is 1. The minimum absolute atomic E-state index is 0.130. The van der Waals surface area contributed by atoms with Gasteiger partial charge in [0.05, 0.1) is 6.61 Å². The van der Waals surface area contributed by atoms with Gasteiger partial charge in [-0.2, -0.15) is 4.31 Å². The Labute approximate surface area is 118 Å². The Morgan fingerprint density at radius 1 is 1.42 bits per heavy atom. The van der Waals surface area contributed by atoms with Crippen LogP contribution in [0.1, 0.15) is 12.5 Å². The smallest absolute Gasteiger partial charge is 0.245 e. The van der Waals surface area contributed by atoms with E-state index < -0.39 is 15.8 Å². The monoisotopic (exact) mass is 309 g/mol. The molecule has 0 heterocycles. The summed E-state index contributed by atoms with van der Waals surface area (Å²) in [7, 11) is -2.47. The van der Waals surface area contributed by atoms with Gasteiger partial charge in [-0.1, -0.05) is 6.07 Å². The van der Waals surface area contributed by atoms with Crippen molar-refractivity contribution < 1.29 is 17.5 Å². The molecule has 0 saturated carbocycles. The summed E-state index contributed by atoms with van der Waals surface area (Å²) in [4.78, 5) is -0.357. The van der Waals surface area contributed by atoms with Crippen molar-refractivity contribution in [2.24, 2.45) is 0 Å². The molecule has 0 bridgehead atoms. The highest BCUT2D eigenvalue weighted by Crippen LogP contribution is 2.20. The summed E-state index contributed by atoms with van der Waals surface area (Å²) < 4.78 is 44.2. The van der Waals surface area contributed by atoms with E-state index >= 15 is 0 Å². The molecule has 7 heteroatoms. The third-order valence-electron chi connectivity index (χ3n) is 2.59. The summed E-state index contributed by atoms with van der Waals surface area (Å²) in [6.45, 7) is 2.76. The minimum atomic E-state index is -3.86. The molecule has 1 rings (SSSR count). The molecule has 19 heavy (non-hydrogen) atoms. The van der Waals surface area contributed by atoms with Gasteiger partial charge in [0.1, 0.15) is 10.7 Å². The summed E-state index contributed by atoms with van der Waals surface area (Å²) in [5, 5.41) is 0. The molecule has 0 aromatic heterocycles. The Morgan fingerprint density at radius 3 is 2.68 bits per heavy atom. The largest absolute Gasteiger partial charge is 0.380 e. The van der Waals surface area contributed by atoms with E-state index in [9.17, 15) is 12.8 Å². The van der Waals surface area contributed by atoms with Gasteiger partial charge in [-0.15, -0.1) is 11.6 Å². The first kappa shape index (κ1) is 16.4. The Bertz CT molecular complexity index is 522. The Morgan fingerprint density at radius 2 is 2.11 bits per heavy atom. The summed E-state index contributed by atoms with van der Waals surface area (Å²) in [5.41, 5.74) is 0.555. The third-order valence-corrected chi connectivity index (χ3v) is 4.77. The first-order valence-corrected chi connectivity index (χ1v) is 7.79. The Kier molecular flexibility index (Phi) is 6.19. The fourth-order valence-electron chi connectivity index (χ4n) is 1.45. The van der Waals surface area contributed by atoms with E-state index in [0.717, 1.165) is 10.4 Å². The molecule has 1 aromatic rings. The molecule has 0 spiro atoms. The van der Waals surface area contributed by atoms with Crippen LogP contribution in [0.15, 0.2) is 23.1 Å². The SMILES string of the molecule is CCOCCN(C)S(=O)(=O)c1cc(CCl)ccc1F. The normalized spacial score (nSPS) is 12.1. The van der Waals surface area contributed by atoms with E-state index in [1.165, 1.54) is 19.2 Å². The molecule has 0 atom stereocenters. The topological polar surface area (TPSA) is 46.6 Å². The van der Waals surface area contributed by atoms with Gasteiger partial charge in [-0.25, -0.2) is 12.8 Å².